The van der Waals surface area contributed by atoms with E-state index in [2.05, 4.69) is 27.5 Å². The van der Waals surface area contributed by atoms with Gasteiger partial charge in [0.05, 0.1) is 20.1 Å². The maximum Gasteiger partial charge on any atom is 0.422 e. The molecule has 0 bridgehead atoms. The van der Waals surface area contributed by atoms with Gasteiger partial charge >= 0.3 is 18.0 Å². The lowest BCUT2D eigenvalue weighted by Gasteiger charge is -2.40. The van der Waals surface area contributed by atoms with E-state index in [4.69, 9.17) is 4.74 Å². The first kappa shape index (κ1) is 22.7. The second-order valence-corrected chi connectivity index (χ2v) is 9.10. The minimum Gasteiger partial charge on any atom is -0.469 e. The number of quaternary nitrogens is 1. The van der Waals surface area contributed by atoms with Crippen LogP contribution in [0.4, 0.5) is 10.5 Å². The number of methoxy groups -OCH3 is 1. The van der Waals surface area contributed by atoms with Gasteiger partial charge in [-0.1, -0.05) is 25.3 Å². The Morgan fingerprint density at radius 1 is 1.12 bits per heavy atom. The van der Waals surface area contributed by atoms with Crippen LogP contribution in [0.5, 0.6) is 0 Å². The molecule has 1 aliphatic carbocycles. The number of carbonyl (C=O) groups is 3. The zero-order valence-corrected chi connectivity index (χ0v) is 18.9. The van der Waals surface area contributed by atoms with Gasteiger partial charge in [0.15, 0.2) is 6.54 Å². The highest BCUT2D eigenvalue weighted by atomic mass is 16.5. The summed E-state index contributed by atoms with van der Waals surface area (Å²) in [5.41, 5.74) is 3.34. The molecule has 1 saturated carbocycles. The van der Waals surface area contributed by atoms with E-state index >= 15 is 0 Å². The van der Waals surface area contributed by atoms with E-state index in [-0.39, 0.29) is 36.1 Å². The zero-order valence-electron chi connectivity index (χ0n) is 18.9. The lowest BCUT2D eigenvalue weighted by Crippen LogP contribution is -2.62. The summed E-state index contributed by atoms with van der Waals surface area (Å²) in [5, 5.41) is 6.45. The molecular weight excluding hydrogens is 410 g/mol. The summed E-state index contributed by atoms with van der Waals surface area (Å²) in [4.78, 5) is 37.8. The Kier molecular flexibility index (Phi) is 7.10. The Morgan fingerprint density at radius 3 is 2.72 bits per heavy atom. The van der Waals surface area contributed by atoms with Crippen molar-refractivity contribution in [3.05, 3.63) is 29.3 Å². The van der Waals surface area contributed by atoms with Crippen LogP contribution in [0, 0.1) is 5.92 Å². The molecule has 2 fully saturated rings. The molecule has 0 aromatic heterocycles. The third kappa shape index (κ3) is 4.52. The van der Waals surface area contributed by atoms with Crippen LogP contribution in [0.1, 0.15) is 49.7 Å². The molecule has 1 aromatic rings. The van der Waals surface area contributed by atoms with Crippen LogP contribution in [-0.4, -0.2) is 57.4 Å². The molecule has 1 aromatic carbocycles. The average Bonchev–Trinajstić information content (AvgIpc) is 3.15. The molecule has 1 saturated heterocycles. The standard InChI is InChI=1S/C24H33N3O5/c1-31-22(28)10-12-32-23(29)16-27(20-8-7-19-14-25-11-9-18(19)13-20)21(15-26-24(27)30)17-5-3-2-4-6-17/h7-8,13,17,21,25H,2-6,9-12,14-16H2,1H3/p+1. The zero-order chi connectivity index (χ0) is 22.6. The number of benzene rings is 1. The lowest BCUT2D eigenvalue weighted by molar-refractivity contribution is -0.148. The summed E-state index contributed by atoms with van der Waals surface area (Å²) < 4.78 is 9.95. The van der Waals surface area contributed by atoms with Crippen molar-refractivity contribution in [3.8, 4) is 0 Å². The van der Waals surface area contributed by atoms with Crippen molar-refractivity contribution in [2.45, 2.75) is 57.5 Å². The molecule has 3 aliphatic rings. The Labute approximate surface area is 189 Å². The highest BCUT2D eigenvalue weighted by Gasteiger charge is 2.56. The molecule has 4 rings (SSSR count). The molecule has 0 spiro atoms. The highest BCUT2D eigenvalue weighted by Crippen LogP contribution is 2.40. The minimum atomic E-state index is -0.467. The van der Waals surface area contributed by atoms with Crippen LogP contribution in [0.3, 0.4) is 0 Å². The smallest absolute Gasteiger partial charge is 0.422 e. The van der Waals surface area contributed by atoms with E-state index in [1.807, 2.05) is 6.07 Å². The first-order valence-electron chi connectivity index (χ1n) is 11.8. The van der Waals surface area contributed by atoms with Crippen molar-refractivity contribution in [2.24, 2.45) is 5.92 Å². The number of rotatable bonds is 7. The van der Waals surface area contributed by atoms with Crippen molar-refractivity contribution < 1.29 is 23.9 Å². The predicted molar refractivity (Wildman–Crippen MR) is 120 cm³/mol. The number of amides is 2. The van der Waals surface area contributed by atoms with E-state index in [0.717, 1.165) is 50.9 Å². The number of hydrogen-bond donors (Lipinski definition) is 2. The lowest BCUT2D eigenvalue weighted by atomic mass is 9.82. The fourth-order valence-corrected chi connectivity index (χ4v) is 5.59. The molecule has 2 aliphatic heterocycles. The van der Waals surface area contributed by atoms with E-state index < -0.39 is 11.9 Å². The normalized spacial score (nSPS) is 25.7. The van der Waals surface area contributed by atoms with Gasteiger partial charge in [-0.3, -0.25) is 10.1 Å². The second kappa shape index (κ2) is 10.0. The number of nitrogens with one attached hydrogen (secondary N) is 2. The van der Waals surface area contributed by atoms with Crippen molar-refractivity contribution in [2.75, 3.05) is 33.4 Å². The van der Waals surface area contributed by atoms with Gasteiger partial charge in [0.1, 0.15) is 18.3 Å². The summed E-state index contributed by atoms with van der Waals surface area (Å²) in [6.45, 7) is 2.19. The topological polar surface area (TPSA) is 93.7 Å². The number of carbonyl (C=O) groups excluding carboxylic acids is 3. The van der Waals surface area contributed by atoms with Gasteiger partial charge in [0, 0.05) is 24.6 Å². The number of nitrogens with zero attached hydrogens (tertiary/aromatic N) is 1. The molecule has 0 radical (unpaired) electrons. The minimum absolute atomic E-state index is 0.00396. The second-order valence-electron chi connectivity index (χ2n) is 9.10. The average molecular weight is 445 g/mol. The predicted octanol–water partition coefficient (Wildman–Crippen LogP) is 2.42. The molecule has 2 unspecified atom stereocenters. The Balaban J connectivity index is 1.65. The Hall–Kier alpha value is -2.45. The molecule has 32 heavy (non-hydrogen) atoms. The van der Waals surface area contributed by atoms with Crippen LogP contribution in [0.2, 0.25) is 0 Å². The number of hydrogen-bond acceptors (Lipinski definition) is 6. The van der Waals surface area contributed by atoms with Crippen molar-refractivity contribution in [3.63, 3.8) is 0 Å². The first-order valence-corrected chi connectivity index (χ1v) is 11.8. The van der Waals surface area contributed by atoms with Crippen LogP contribution >= 0.6 is 0 Å². The van der Waals surface area contributed by atoms with Crippen LogP contribution in [0.25, 0.3) is 0 Å². The maximum absolute atomic E-state index is 13.4. The van der Waals surface area contributed by atoms with Crippen molar-refractivity contribution in [1.82, 2.24) is 15.1 Å². The number of fused-ring (bicyclic) bond motifs is 1. The molecule has 174 valence electrons. The first-order chi connectivity index (χ1) is 15.5. The van der Waals surface area contributed by atoms with Crippen molar-refractivity contribution in [1.29, 1.82) is 0 Å². The SMILES string of the molecule is COC(=O)CCOC(=O)C[N+]1(c2ccc3c(c2)CCNC3)C(=O)NCC1C1CCCCC1. The van der Waals surface area contributed by atoms with E-state index in [1.54, 1.807) is 0 Å². The van der Waals surface area contributed by atoms with E-state index in [9.17, 15) is 14.4 Å². The fraction of sp³-hybridized carbons (Fsp3) is 0.625. The molecular formula is C24H34N3O5+. The van der Waals surface area contributed by atoms with Crippen LogP contribution in [0.15, 0.2) is 18.2 Å². The summed E-state index contributed by atoms with van der Waals surface area (Å²) >= 11 is 0. The summed E-state index contributed by atoms with van der Waals surface area (Å²) in [7, 11) is 1.30. The largest absolute Gasteiger partial charge is 0.469 e. The maximum atomic E-state index is 13.4. The number of urea groups is 1. The quantitative estimate of drug-likeness (QED) is 0.496. The molecule has 2 atom stereocenters. The van der Waals surface area contributed by atoms with Crippen LogP contribution < -0.4 is 15.1 Å². The highest BCUT2D eigenvalue weighted by molar-refractivity contribution is 5.94. The van der Waals surface area contributed by atoms with Gasteiger partial charge in [0.2, 0.25) is 0 Å². The molecule has 8 nitrogen and oxygen atoms in total. The van der Waals surface area contributed by atoms with Gasteiger partial charge in [-0.05, 0) is 36.9 Å². The Morgan fingerprint density at radius 2 is 1.94 bits per heavy atom. The number of esters is 2. The summed E-state index contributed by atoms with van der Waals surface area (Å²) in [6, 6.07) is 6.07. The van der Waals surface area contributed by atoms with Gasteiger partial charge in [-0.25, -0.2) is 9.59 Å². The van der Waals surface area contributed by atoms with Gasteiger partial charge in [0.25, 0.3) is 0 Å². The van der Waals surface area contributed by atoms with Gasteiger partial charge < -0.3 is 14.8 Å². The summed E-state index contributed by atoms with van der Waals surface area (Å²) in [6.07, 6.45) is 6.61. The van der Waals surface area contributed by atoms with Crippen LogP contribution in [-0.2, 0) is 32.0 Å². The third-order valence-electron chi connectivity index (χ3n) is 7.30. The molecule has 2 N–H and O–H groups in total. The van der Waals surface area contributed by atoms with E-state index in [1.165, 1.54) is 24.7 Å². The Bertz CT molecular complexity index is 867. The van der Waals surface area contributed by atoms with E-state index in [0.29, 0.717) is 12.5 Å². The third-order valence-corrected chi connectivity index (χ3v) is 7.30. The summed E-state index contributed by atoms with van der Waals surface area (Å²) in [5.74, 6) is -0.515. The molecule has 2 amide bonds. The monoisotopic (exact) mass is 444 g/mol. The molecule has 2 heterocycles. The molecule has 8 heteroatoms. The van der Waals surface area contributed by atoms with Gasteiger partial charge in [-0.15, -0.1) is 0 Å². The fourth-order valence-electron chi connectivity index (χ4n) is 5.59. The number of ether oxygens (including phenoxy) is 2. The van der Waals surface area contributed by atoms with Gasteiger partial charge in [-0.2, -0.15) is 4.48 Å². The van der Waals surface area contributed by atoms with Crippen molar-refractivity contribution >= 4 is 23.7 Å².